The number of aryl methyl sites for hydroxylation is 4. The molecule has 154 valence electrons. The lowest BCUT2D eigenvalue weighted by molar-refractivity contribution is 0.460. The molecule has 0 saturated heterocycles. The summed E-state index contributed by atoms with van der Waals surface area (Å²) in [6, 6.07) is 8.43. The minimum absolute atomic E-state index is 0.00868. The Balaban J connectivity index is 1.81. The number of aromatic nitrogens is 5. The Labute approximate surface area is 176 Å². The molecule has 2 aromatic carbocycles. The lowest BCUT2D eigenvalue weighted by atomic mass is 9.94. The van der Waals surface area contributed by atoms with Crippen molar-refractivity contribution >= 4 is 22.6 Å². The van der Waals surface area contributed by atoms with Crippen LogP contribution in [0.2, 0.25) is 5.02 Å². The average molecular weight is 428 g/mol. The van der Waals surface area contributed by atoms with Gasteiger partial charge in [0.2, 0.25) is 0 Å². The van der Waals surface area contributed by atoms with Crippen molar-refractivity contribution in [2.75, 3.05) is 0 Å². The molecule has 0 aliphatic heterocycles. The zero-order chi connectivity index (χ0) is 21.6. The smallest absolute Gasteiger partial charge is 0.278 e. The normalized spacial score (nSPS) is 11.4. The maximum atomic E-state index is 14.9. The van der Waals surface area contributed by atoms with Crippen LogP contribution in [0.4, 0.5) is 4.39 Å². The van der Waals surface area contributed by atoms with E-state index >= 15 is 0 Å². The van der Waals surface area contributed by atoms with Crippen LogP contribution in [0.3, 0.4) is 0 Å². The molecule has 0 saturated carbocycles. The van der Waals surface area contributed by atoms with Gasteiger partial charge in [-0.3, -0.25) is 4.79 Å². The average Bonchev–Trinajstić information content (AvgIpc) is 3.09. The second-order valence-electron chi connectivity index (χ2n) is 7.16. The van der Waals surface area contributed by atoms with Crippen molar-refractivity contribution in [3.63, 3.8) is 0 Å². The van der Waals surface area contributed by atoms with E-state index in [0.717, 1.165) is 21.3 Å². The predicted molar refractivity (Wildman–Crippen MR) is 112 cm³/mol. The second-order valence-corrected chi connectivity index (χ2v) is 7.56. The van der Waals surface area contributed by atoms with Gasteiger partial charge in [0.1, 0.15) is 17.0 Å². The molecule has 2 heterocycles. The fraction of sp³-hybridized carbons (Fsp3) is 0.238. The molecule has 0 unspecified atom stereocenters. The lowest BCUT2D eigenvalue weighted by Gasteiger charge is -2.15. The summed E-state index contributed by atoms with van der Waals surface area (Å²) in [6.07, 6.45) is 0.912. The van der Waals surface area contributed by atoms with E-state index in [4.69, 9.17) is 11.6 Å². The molecular weight excluding hydrogens is 409 g/mol. The fourth-order valence-corrected chi connectivity index (χ4v) is 3.85. The van der Waals surface area contributed by atoms with Gasteiger partial charge in [-0.05, 0) is 55.2 Å². The van der Waals surface area contributed by atoms with E-state index in [1.807, 2.05) is 25.2 Å². The van der Waals surface area contributed by atoms with Crippen molar-refractivity contribution in [1.29, 1.82) is 0 Å². The van der Waals surface area contributed by atoms with Gasteiger partial charge in [0.05, 0.1) is 11.1 Å². The van der Waals surface area contributed by atoms with E-state index in [1.165, 1.54) is 19.2 Å². The number of aromatic hydroxyl groups is 1. The number of fused-ring (bicyclic) bond motifs is 1. The van der Waals surface area contributed by atoms with Crippen molar-refractivity contribution in [2.45, 2.75) is 19.8 Å². The van der Waals surface area contributed by atoms with Crippen LogP contribution >= 0.6 is 11.6 Å². The Hall–Kier alpha value is -3.26. The molecule has 2 aromatic heterocycles. The van der Waals surface area contributed by atoms with Gasteiger partial charge in [0.15, 0.2) is 5.75 Å². The third kappa shape index (κ3) is 3.33. The van der Waals surface area contributed by atoms with E-state index in [9.17, 15) is 14.3 Å². The van der Waals surface area contributed by atoms with Gasteiger partial charge in [0, 0.05) is 24.7 Å². The van der Waals surface area contributed by atoms with Crippen LogP contribution in [-0.2, 0) is 26.9 Å². The summed E-state index contributed by atoms with van der Waals surface area (Å²) in [4.78, 5) is 12.7. The van der Waals surface area contributed by atoms with E-state index in [-0.39, 0.29) is 22.6 Å². The molecule has 0 atom stereocenters. The molecule has 0 fully saturated rings. The Morgan fingerprint density at radius 3 is 2.63 bits per heavy atom. The highest BCUT2D eigenvalue weighted by Crippen LogP contribution is 2.36. The third-order valence-corrected chi connectivity index (χ3v) is 5.54. The number of hydrogen-bond donors (Lipinski definition) is 1. The molecule has 9 heteroatoms. The Morgan fingerprint density at radius 1 is 1.10 bits per heavy atom. The molecule has 0 spiro atoms. The molecule has 1 N–H and O–H groups in total. The van der Waals surface area contributed by atoms with Gasteiger partial charge < -0.3 is 5.11 Å². The van der Waals surface area contributed by atoms with E-state index in [0.29, 0.717) is 23.4 Å². The van der Waals surface area contributed by atoms with Gasteiger partial charge >= 0.3 is 0 Å². The summed E-state index contributed by atoms with van der Waals surface area (Å²) >= 11 is 6.41. The first kappa shape index (κ1) is 20.0. The molecule has 4 aromatic rings. The summed E-state index contributed by atoms with van der Waals surface area (Å²) in [7, 11) is 3.27. The lowest BCUT2D eigenvalue weighted by Crippen LogP contribution is -2.23. The highest BCUT2D eigenvalue weighted by atomic mass is 35.5. The maximum absolute atomic E-state index is 14.9. The highest BCUT2D eigenvalue weighted by molar-refractivity contribution is 6.31. The first-order valence-electron chi connectivity index (χ1n) is 9.30. The molecule has 30 heavy (non-hydrogen) atoms. The van der Waals surface area contributed by atoms with Crippen LogP contribution in [0.1, 0.15) is 16.8 Å². The van der Waals surface area contributed by atoms with E-state index < -0.39 is 11.4 Å². The van der Waals surface area contributed by atoms with E-state index in [1.54, 1.807) is 11.6 Å². The summed E-state index contributed by atoms with van der Waals surface area (Å²) in [5.41, 5.74) is 2.62. The second kappa shape index (κ2) is 7.53. The Kier molecular flexibility index (Phi) is 5.03. The van der Waals surface area contributed by atoms with Gasteiger partial charge in [0.25, 0.3) is 5.56 Å². The summed E-state index contributed by atoms with van der Waals surface area (Å²) in [6.45, 7) is 1.55. The molecule has 0 radical (unpaired) electrons. The molecule has 0 aliphatic rings. The molecular formula is C21H19ClFN5O2. The zero-order valence-corrected chi connectivity index (χ0v) is 17.4. The monoisotopic (exact) mass is 427 g/mol. The third-order valence-electron chi connectivity index (χ3n) is 5.18. The van der Waals surface area contributed by atoms with Crippen LogP contribution in [-0.4, -0.2) is 29.9 Å². The quantitative estimate of drug-likeness (QED) is 0.540. The zero-order valence-electron chi connectivity index (χ0n) is 16.6. The molecule has 0 amide bonds. The van der Waals surface area contributed by atoms with Crippen molar-refractivity contribution in [3.8, 4) is 16.9 Å². The molecule has 4 rings (SSSR count). The van der Waals surface area contributed by atoms with Gasteiger partial charge in [-0.1, -0.05) is 22.9 Å². The Bertz CT molecular complexity index is 1350. The van der Waals surface area contributed by atoms with Crippen molar-refractivity contribution in [1.82, 2.24) is 24.8 Å². The van der Waals surface area contributed by atoms with Crippen molar-refractivity contribution in [3.05, 3.63) is 68.3 Å². The van der Waals surface area contributed by atoms with Crippen LogP contribution in [0, 0.1) is 12.7 Å². The predicted octanol–water partition coefficient (Wildman–Crippen LogP) is 3.32. The van der Waals surface area contributed by atoms with Crippen molar-refractivity contribution in [2.24, 2.45) is 14.1 Å². The Morgan fingerprint density at radius 2 is 1.87 bits per heavy atom. The summed E-state index contributed by atoms with van der Waals surface area (Å²) in [5, 5.41) is 22.8. The van der Waals surface area contributed by atoms with Crippen LogP contribution in [0.5, 0.6) is 5.75 Å². The maximum Gasteiger partial charge on any atom is 0.278 e. The molecule has 0 bridgehead atoms. The van der Waals surface area contributed by atoms with Gasteiger partial charge in [-0.25, -0.2) is 13.8 Å². The standard InChI is InChI=1S/C21H19ClFN5O2/c1-11-20(29)19(21(30)28(3)25-11)18-13(14(22)7-8-15(18)23)6-4-12-5-9-16-17(10-12)27(2)26-24-16/h5,7-10,29H,4,6H2,1-3H3. The largest absolute Gasteiger partial charge is 0.505 e. The number of hydrogen-bond acceptors (Lipinski definition) is 5. The number of rotatable bonds is 4. The van der Waals surface area contributed by atoms with Gasteiger partial charge in [-0.15, -0.1) is 5.10 Å². The minimum atomic E-state index is -0.626. The van der Waals surface area contributed by atoms with Crippen LogP contribution < -0.4 is 5.56 Å². The summed E-state index contributed by atoms with van der Waals surface area (Å²) in [5.74, 6) is -0.971. The first-order chi connectivity index (χ1) is 14.3. The van der Waals surface area contributed by atoms with Crippen molar-refractivity contribution < 1.29 is 9.50 Å². The fourth-order valence-electron chi connectivity index (χ4n) is 3.60. The number of halogens is 2. The van der Waals surface area contributed by atoms with Crippen LogP contribution in [0.15, 0.2) is 35.1 Å². The summed E-state index contributed by atoms with van der Waals surface area (Å²) < 4.78 is 17.7. The molecule has 0 aliphatic carbocycles. The highest BCUT2D eigenvalue weighted by Gasteiger charge is 2.23. The number of nitrogens with zero attached hydrogens (tertiary/aromatic N) is 5. The number of benzene rings is 2. The minimum Gasteiger partial charge on any atom is -0.505 e. The van der Waals surface area contributed by atoms with Crippen LogP contribution in [0.25, 0.3) is 22.2 Å². The SMILES string of the molecule is Cc1nn(C)c(=O)c(-c2c(F)ccc(Cl)c2CCc2ccc3nnn(C)c3c2)c1O. The molecule has 7 nitrogen and oxygen atoms in total. The van der Waals surface area contributed by atoms with E-state index in [2.05, 4.69) is 15.4 Å². The topological polar surface area (TPSA) is 85.8 Å². The van der Waals surface area contributed by atoms with Gasteiger partial charge in [-0.2, -0.15) is 5.10 Å². The first-order valence-corrected chi connectivity index (χ1v) is 9.68.